The molecule has 0 aliphatic carbocycles. The molecule has 0 aromatic heterocycles. The van der Waals surface area contributed by atoms with Crippen LogP contribution in [0.4, 0.5) is 4.79 Å². The number of nitrogens with zero attached hydrogens (tertiary/aromatic N) is 1. The molecule has 1 aromatic rings. The molecule has 0 heterocycles. The van der Waals surface area contributed by atoms with Crippen molar-refractivity contribution in [2.75, 3.05) is 20.8 Å². The highest BCUT2D eigenvalue weighted by atomic mass is 16.5. The molecule has 1 rings (SSSR count). The number of carboxylic acid groups (broad SMARTS) is 1. The molecule has 2 N–H and O–H groups in total. The van der Waals surface area contributed by atoms with Crippen LogP contribution in [-0.4, -0.2) is 54.9 Å². The number of methoxy groups -OCH3 is 1. The Morgan fingerprint density at radius 1 is 1.33 bits per heavy atom. The largest absolute Gasteiger partial charge is 0.480 e. The van der Waals surface area contributed by atoms with E-state index in [1.807, 2.05) is 37.3 Å². The minimum Gasteiger partial charge on any atom is -0.480 e. The fraction of sp³-hybridized carbons (Fsp3) is 0.467. The van der Waals surface area contributed by atoms with E-state index in [1.54, 1.807) is 14.2 Å². The van der Waals surface area contributed by atoms with Crippen molar-refractivity contribution in [3.63, 3.8) is 0 Å². The summed E-state index contributed by atoms with van der Waals surface area (Å²) in [6.45, 7) is 2.22. The molecule has 6 nitrogen and oxygen atoms in total. The topological polar surface area (TPSA) is 78.9 Å². The molecule has 0 saturated carbocycles. The number of ether oxygens (including phenoxy) is 1. The first kappa shape index (κ1) is 17.0. The second kappa shape index (κ2) is 8.26. The Morgan fingerprint density at radius 2 is 1.95 bits per heavy atom. The first-order valence-electron chi connectivity index (χ1n) is 6.74. The van der Waals surface area contributed by atoms with E-state index in [4.69, 9.17) is 4.74 Å². The normalized spacial score (nSPS) is 13.3. The highest BCUT2D eigenvalue weighted by molar-refractivity contribution is 5.82. The summed E-state index contributed by atoms with van der Waals surface area (Å²) in [5.41, 5.74) is 0.859. The lowest BCUT2D eigenvalue weighted by molar-refractivity contribution is -0.139. The van der Waals surface area contributed by atoms with Gasteiger partial charge in [0.1, 0.15) is 6.04 Å². The second-order valence-corrected chi connectivity index (χ2v) is 4.95. The summed E-state index contributed by atoms with van der Waals surface area (Å²) >= 11 is 0. The Labute approximate surface area is 124 Å². The van der Waals surface area contributed by atoms with Crippen molar-refractivity contribution in [2.24, 2.45) is 0 Å². The molecule has 0 aliphatic heterocycles. The van der Waals surface area contributed by atoms with E-state index in [1.165, 1.54) is 4.90 Å². The molecule has 0 saturated heterocycles. The van der Waals surface area contributed by atoms with Crippen molar-refractivity contribution in [1.29, 1.82) is 0 Å². The number of carbonyl (C=O) groups excluding carboxylic acids is 1. The van der Waals surface area contributed by atoms with E-state index in [0.717, 1.165) is 5.56 Å². The molecule has 2 atom stereocenters. The summed E-state index contributed by atoms with van der Waals surface area (Å²) in [5, 5.41) is 11.8. The summed E-state index contributed by atoms with van der Waals surface area (Å²) < 4.78 is 4.99. The average molecular weight is 294 g/mol. The number of hydrogen-bond donors (Lipinski definition) is 2. The number of likely N-dealkylation sites (N-methyl/N-ethyl adjacent to an activating group) is 1. The highest BCUT2D eigenvalue weighted by Crippen LogP contribution is 2.05. The summed E-state index contributed by atoms with van der Waals surface area (Å²) in [6.07, 6.45) is 0.244. The Kier molecular flexibility index (Phi) is 6.68. The molecule has 116 valence electrons. The maximum atomic E-state index is 12.1. The van der Waals surface area contributed by atoms with E-state index in [2.05, 4.69) is 5.32 Å². The number of benzene rings is 1. The first-order chi connectivity index (χ1) is 9.95. The number of urea groups is 1. The molecule has 0 bridgehead atoms. The maximum absolute atomic E-state index is 12.1. The van der Waals surface area contributed by atoms with Gasteiger partial charge in [0.25, 0.3) is 0 Å². The van der Waals surface area contributed by atoms with Crippen molar-refractivity contribution < 1.29 is 19.4 Å². The first-order valence-corrected chi connectivity index (χ1v) is 6.74. The van der Waals surface area contributed by atoms with E-state index in [9.17, 15) is 14.7 Å². The van der Waals surface area contributed by atoms with Crippen molar-refractivity contribution in [3.8, 4) is 0 Å². The SMILES string of the molecule is COCC(C)N(C)C(=O)NC(Cc1ccccc1)C(=O)O. The van der Waals surface area contributed by atoms with E-state index >= 15 is 0 Å². The Bertz CT molecular complexity index is 464. The van der Waals surface area contributed by atoms with Gasteiger partial charge in [-0.1, -0.05) is 30.3 Å². The van der Waals surface area contributed by atoms with Gasteiger partial charge in [0.05, 0.1) is 12.6 Å². The zero-order valence-electron chi connectivity index (χ0n) is 12.6. The zero-order valence-corrected chi connectivity index (χ0v) is 12.6. The monoisotopic (exact) mass is 294 g/mol. The Hall–Kier alpha value is -2.08. The fourth-order valence-electron chi connectivity index (χ4n) is 1.85. The van der Waals surface area contributed by atoms with Crippen LogP contribution in [0.5, 0.6) is 0 Å². The third kappa shape index (κ3) is 5.43. The van der Waals surface area contributed by atoms with Crippen LogP contribution in [0.3, 0.4) is 0 Å². The van der Waals surface area contributed by atoms with Crippen LogP contribution in [0.2, 0.25) is 0 Å². The van der Waals surface area contributed by atoms with Gasteiger partial charge in [-0.05, 0) is 12.5 Å². The van der Waals surface area contributed by atoms with Gasteiger partial charge in [-0.2, -0.15) is 0 Å². The van der Waals surface area contributed by atoms with Gasteiger partial charge in [0.2, 0.25) is 0 Å². The molecule has 2 amide bonds. The number of carboxylic acids is 1. The van der Waals surface area contributed by atoms with Crippen LogP contribution in [0.15, 0.2) is 30.3 Å². The number of carbonyl (C=O) groups is 2. The van der Waals surface area contributed by atoms with Crippen molar-refractivity contribution >= 4 is 12.0 Å². The third-order valence-electron chi connectivity index (χ3n) is 3.27. The summed E-state index contributed by atoms with van der Waals surface area (Å²) in [4.78, 5) is 24.8. The van der Waals surface area contributed by atoms with Crippen LogP contribution in [0.25, 0.3) is 0 Å². The number of nitrogens with one attached hydrogen (secondary N) is 1. The minimum absolute atomic E-state index is 0.138. The standard InChI is InChI=1S/C15H22N2O4/c1-11(10-21-3)17(2)15(20)16-13(14(18)19)9-12-7-5-4-6-8-12/h4-8,11,13H,9-10H2,1-3H3,(H,16,20)(H,18,19). The van der Waals surface area contributed by atoms with Crippen LogP contribution in [0.1, 0.15) is 12.5 Å². The number of rotatable bonds is 7. The molecule has 0 fully saturated rings. The van der Waals surface area contributed by atoms with Gasteiger partial charge in [0, 0.05) is 20.6 Å². The lowest BCUT2D eigenvalue weighted by Crippen LogP contribution is -2.50. The van der Waals surface area contributed by atoms with Crippen LogP contribution >= 0.6 is 0 Å². The minimum atomic E-state index is -1.06. The smallest absolute Gasteiger partial charge is 0.326 e. The lowest BCUT2D eigenvalue weighted by Gasteiger charge is -2.26. The number of hydrogen-bond acceptors (Lipinski definition) is 3. The zero-order chi connectivity index (χ0) is 15.8. The molecule has 21 heavy (non-hydrogen) atoms. The number of amides is 2. The Morgan fingerprint density at radius 3 is 2.48 bits per heavy atom. The Balaban J connectivity index is 2.66. The predicted molar refractivity (Wildman–Crippen MR) is 79.2 cm³/mol. The van der Waals surface area contributed by atoms with Gasteiger partial charge >= 0.3 is 12.0 Å². The van der Waals surface area contributed by atoms with Crippen LogP contribution in [0, 0.1) is 0 Å². The van der Waals surface area contributed by atoms with Gasteiger partial charge < -0.3 is 20.1 Å². The van der Waals surface area contributed by atoms with E-state index in [0.29, 0.717) is 6.61 Å². The highest BCUT2D eigenvalue weighted by Gasteiger charge is 2.24. The van der Waals surface area contributed by atoms with E-state index in [-0.39, 0.29) is 12.5 Å². The molecular weight excluding hydrogens is 272 g/mol. The average Bonchev–Trinajstić information content (AvgIpc) is 2.46. The van der Waals surface area contributed by atoms with Crippen LogP contribution < -0.4 is 5.32 Å². The van der Waals surface area contributed by atoms with Crippen molar-refractivity contribution in [1.82, 2.24) is 10.2 Å². The molecule has 0 radical (unpaired) electrons. The summed E-state index contributed by atoms with van der Waals surface area (Å²) in [7, 11) is 3.16. The molecular formula is C15H22N2O4. The quantitative estimate of drug-likeness (QED) is 0.796. The van der Waals surface area contributed by atoms with Gasteiger partial charge in [-0.25, -0.2) is 9.59 Å². The lowest BCUT2D eigenvalue weighted by atomic mass is 10.1. The van der Waals surface area contributed by atoms with Gasteiger partial charge in [-0.15, -0.1) is 0 Å². The maximum Gasteiger partial charge on any atom is 0.326 e. The van der Waals surface area contributed by atoms with Crippen molar-refractivity contribution in [2.45, 2.75) is 25.4 Å². The number of aliphatic carboxylic acids is 1. The fourth-order valence-corrected chi connectivity index (χ4v) is 1.85. The molecule has 0 spiro atoms. The summed E-state index contributed by atoms with van der Waals surface area (Å²) in [5.74, 6) is -1.06. The second-order valence-electron chi connectivity index (χ2n) is 4.95. The van der Waals surface area contributed by atoms with Crippen molar-refractivity contribution in [3.05, 3.63) is 35.9 Å². The predicted octanol–water partition coefficient (Wildman–Crippen LogP) is 1.36. The van der Waals surface area contributed by atoms with Crippen LogP contribution in [-0.2, 0) is 16.0 Å². The molecule has 1 aromatic carbocycles. The van der Waals surface area contributed by atoms with E-state index < -0.39 is 18.0 Å². The third-order valence-corrected chi connectivity index (χ3v) is 3.27. The summed E-state index contributed by atoms with van der Waals surface area (Å²) in [6, 6.07) is 7.67. The molecule has 6 heteroatoms. The molecule has 0 aliphatic rings. The molecule has 2 unspecified atom stereocenters. The van der Waals surface area contributed by atoms with Gasteiger partial charge in [-0.3, -0.25) is 0 Å². The van der Waals surface area contributed by atoms with Gasteiger partial charge in [0.15, 0.2) is 0 Å².